The quantitative estimate of drug-likeness (QED) is 0.128. The summed E-state index contributed by atoms with van der Waals surface area (Å²) < 4.78 is 6.75. The molecular formula is C45H51BN2S. The van der Waals surface area contributed by atoms with Crippen LogP contribution in [-0.4, -0.2) is 10.9 Å². The summed E-state index contributed by atoms with van der Waals surface area (Å²) in [4.78, 5) is 0. The fourth-order valence-corrected chi connectivity index (χ4v) is 9.28. The Morgan fingerprint density at radius 3 is 1.73 bits per heavy atom. The van der Waals surface area contributed by atoms with Gasteiger partial charge in [0.1, 0.15) is 0 Å². The van der Waals surface area contributed by atoms with Gasteiger partial charge >= 0.3 is 6.42 Å². The maximum absolute atomic E-state index is 2.73. The summed E-state index contributed by atoms with van der Waals surface area (Å²) in [6.07, 6.45) is 3.88. The van der Waals surface area contributed by atoms with Gasteiger partial charge in [-0.2, -0.15) is 0 Å². The van der Waals surface area contributed by atoms with Gasteiger partial charge in [-0.05, 0) is 52.3 Å². The zero-order valence-electron chi connectivity index (χ0n) is 30.7. The van der Waals surface area contributed by atoms with Crippen molar-refractivity contribution in [3.8, 4) is 10.6 Å². The highest BCUT2D eigenvalue weighted by atomic mass is 32.1. The Bertz CT molecular complexity index is 2220. The number of thiazole rings is 1. The van der Waals surface area contributed by atoms with Crippen molar-refractivity contribution in [1.29, 1.82) is 0 Å². The molecule has 8 rings (SSSR count). The molecule has 0 N–H and O–H groups in total. The monoisotopic (exact) mass is 662 g/mol. The first kappa shape index (κ1) is 33.4. The van der Waals surface area contributed by atoms with E-state index in [1.807, 2.05) is 11.3 Å². The van der Waals surface area contributed by atoms with Gasteiger partial charge in [0.2, 0.25) is 5.01 Å². The summed E-state index contributed by atoms with van der Waals surface area (Å²) in [6, 6.07) is 43.6. The van der Waals surface area contributed by atoms with Gasteiger partial charge in [-0.25, -0.2) is 0 Å². The van der Waals surface area contributed by atoms with Crippen LogP contribution in [-0.2, 0) is 10.8 Å². The Morgan fingerprint density at radius 1 is 0.612 bits per heavy atom. The fourth-order valence-electron chi connectivity index (χ4n) is 8.04. The minimum absolute atomic E-state index is 0.0147. The van der Waals surface area contributed by atoms with Gasteiger partial charge in [-0.1, -0.05) is 171 Å². The van der Waals surface area contributed by atoms with Crippen molar-refractivity contribution in [2.45, 2.75) is 91.9 Å². The molecule has 0 unspecified atom stereocenters. The summed E-state index contributed by atoms with van der Waals surface area (Å²) in [7, 11) is 0. The normalized spacial score (nSPS) is 13.8. The maximum Gasteiger partial charge on any atom is 0.436 e. The lowest BCUT2D eigenvalue weighted by atomic mass is 9.35. The Kier molecular flexibility index (Phi) is 8.60. The molecule has 2 nitrogen and oxygen atoms in total. The van der Waals surface area contributed by atoms with Crippen molar-refractivity contribution in [1.82, 2.24) is 4.48 Å². The van der Waals surface area contributed by atoms with Crippen LogP contribution in [0.3, 0.4) is 0 Å². The number of aromatic nitrogens is 2. The van der Waals surface area contributed by atoms with Crippen LogP contribution in [0.15, 0.2) is 115 Å². The Morgan fingerprint density at radius 2 is 1.16 bits per heavy atom. The van der Waals surface area contributed by atoms with E-state index in [2.05, 4.69) is 180 Å². The molecule has 2 aromatic heterocycles. The van der Waals surface area contributed by atoms with Crippen molar-refractivity contribution in [2.24, 2.45) is 0 Å². The van der Waals surface area contributed by atoms with Crippen LogP contribution >= 0.6 is 11.3 Å². The van der Waals surface area contributed by atoms with Crippen molar-refractivity contribution in [2.75, 3.05) is 0 Å². The summed E-state index contributed by atoms with van der Waals surface area (Å²) in [5, 5.41) is 4.02. The van der Waals surface area contributed by atoms with Gasteiger partial charge in [0.05, 0.1) is 10.3 Å². The highest BCUT2D eigenvalue weighted by molar-refractivity contribution is 7.21. The molecule has 1 aliphatic heterocycles. The van der Waals surface area contributed by atoms with Gasteiger partial charge in [-0.3, -0.25) is 0 Å². The van der Waals surface area contributed by atoms with Crippen LogP contribution in [0.1, 0.15) is 92.2 Å². The molecule has 3 heterocycles. The number of unbranched alkanes of at least 4 members (excludes halogenated alkanes) is 3. The van der Waals surface area contributed by atoms with Crippen LogP contribution in [0.25, 0.3) is 42.6 Å². The molecular weight excluding hydrogens is 611 g/mol. The average Bonchev–Trinajstić information content (AvgIpc) is 3.66. The highest BCUT2D eigenvalue weighted by Crippen LogP contribution is 2.46. The molecule has 0 bridgehead atoms. The number of hydrogen-bond acceptors (Lipinski definition) is 1. The van der Waals surface area contributed by atoms with Gasteiger partial charge in [0.15, 0.2) is 5.52 Å². The smallest absolute Gasteiger partial charge is 0.436 e. The largest absolute Gasteiger partial charge is 0.446 e. The van der Waals surface area contributed by atoms with Gasteiger partial charge in [-0.15, -0.1) is 10.9 Å². The molecule has 0 fully saturated rings. The van der Waals surface area contributed by atoms with Gasteiger partial charge in [0.25, 0.3) is 0 Å². The van der Waals surface area contributed by atoms with Crippen molar-refractivity contribution in [3.63, 3.8) is 0 Å². The first-order valence-electron chi connectivity index (χ1n) is 18.4. The molecule has 0 saturated carbocycles. The number of hydrogen-bond donors (Lipinski definition) is 0. The van der Waals surface area contributed by atoms with E-state index in [1.54, 1.807) is 0 Å². The molecule has 5 aromatic carbocycles. The second-order valence-electron chi connectivity index (χ2n) is 16.1. The lowest BCUT2D eigenvalue weighted by Gasteiger charge is -2.42. The second kappa shape index (κ2) is 12.6. The minimum Gasteiger partial charge on any atom is -0.446 e. The van der Waals surface area contributed by atoms with Crippen molar-refractivity contribution in [3.05, 3.63) is 126 Å². The van der Waals surface area contributed by atoms with E-state index in [4.69, 9.17) is 0 Å². The first-order valence-corrected chi connectivity index (χ1v) is 19.2. The Labute approximate surface area is 297 Å². The lowest BCUT2D eigenvalue weighted by Crippen LogP contribution is -2.83. The van der Waals surface area contributed by atoms with E-state index in [-0.39, 0.29) is 10.8 Å². The van der Waals surface area contributed by atoms with E-state index in [0.717, 1.165) is 0 Å². The zero-order chi connectivity index (χ0) is 34.6. The Hall–Kier alpha value is -4.15. The van der Waals surface area contributed by atoms with Crippen LogP contribution in [0.5, 0.6) is 0 Å². The molecule has 0 saturated heterocycles. The van der Waals surface area contributed by atoms with E-state index in [1.165, 1.54) is 90.3 Å². The molecule has 7 aromatic rings. The van der Waals surface area contributed by atoms with Crippen LogP contribution in [0.4, 0.5) is 0 Å². The van der Waals surface area contributed by atoms with Gasteiger partial charge in [0, 0.05) is 27.9 Å². The average molecular weight is 663 g/mol. The summed E-state index contributed by atoms with van der Waals surface area (Å²) in [6.45, 7) is 18.4. The van der Waals surface area contributed by atoms with E-state index >= 15 is 0 Å². The Balaban J connectivity index is 0.000000581. The predicted octanol–water partition coefficient (Wildman–Crippen LogP) is 11.1. The minimum atomic E-state index is -1.66. The molecule has 49 heavy (non-hydrogen) atoms. The topological polar surface area (TPSA) is 8.81 Å². The zero-order valence-corrected chi connectivity index (χ0v) is 31.5. The number of rotatable bonds is 5. The summed E-state index contributed by atoms with van der Waals surface area (Å²) in [5.74, 6) is 0. The standard InChI is InChI=1S/C39H37BN2S.C6H14/c1-38(2,3)26-21-22-33-30(23-26)31-24-27(39(4,5)6)25-32-36(31)41(33)40(28-15-9-7-10-16-28,29-17-11-8-12-18-29)42-34-19-13-14-20-35(34)43-37(32)42;1-3-5-6-4-2/h7-25H,1-6H3;3-6H2,1-2H3. The second-order valence-corrected chi connectivity index (χ2v) is 17.1. The van der Waals surface area contributed by atoms with Crippen LogP contribution < -0.4 is 15.4 Å². The predicted molar refractivity (Wildman–Crippen MR) is 216 cm³/mol. The molecule has 0 spiro atoms. The molecule has 1 aliphatic rings. The molecule has 0 amide bonds. The first-order chi connectivity index (χ1) is 23.5. The summed E-state index contributed by atoms with van der Waals surface area (Å²) >= 11 is 1.93. The molecule has 0 radical (unpaired) electrons. The highest BCUT2D eigenvalue weighted by Gasteiger charge is 2.51. The molecule has 0 atom stereocenters. The van der Waals surface area contributed by atoms with Crippen LogP contribution in [0.2, 0.25) is 0 Å². The summed E-state index contributed by atoms with van der Waals surface area (Å²) in [5.41, 5.74) is 10.7. The van der Waals surface area contributed by atoms with E-state index < -0.39 is 6.42 Å². The van der Waals surface area contributed by atoms with E-state index in [0.29, 0.717) is 0 Å². The third kappa shape index (κ3) is 5.44. The number of benzene rings is 5. The van der Waals surface area contributed by atoms with Crippen molar-refractivity contribution < 1.29 is 4.48 Å². The van der Waals surface area contributed by atoms with Gasteiger partial charge < -0.3 is 8.96 Å². The third-order valence-corrected chi connectivity index (χ3v) is 11.8. The molecule has 4 heteroatoms. The SMILES string of the molecule is CC(C)(C)c1ccc2c(c1)c1cc(C(C)(C)C)cc3c1n2[B-](c1ccccc1)(c1ccccc1)[n+]1c-3sc2ccccc21.CCCCCC. The number of para-hydroxylation sites is 1. The molecule has 250 valence electrons. The van der Waals surface area contributed by atoms with Crippen LogP contribution in [0, 0.1) is 0 Å². The van der Waals surface area contributed by atoms with E-state index in [9.17, 15) is 0 Å². The maximum atomic E-state index is 2.73. The fraction of sp³-hybridized carbons (Fsp3) is 0.311. The number of nitrogens with zero attached hydrogens (tertiary/aromatic N) is 2. The van der Waals surface area contributed by atoms with Crippen molar-refractivity contribution >= 4 is 60.7 Å². The third-order valence-electron chi connectivity index (χ3n) is 10.6. The lowest BCUT2D eigenvalue weighted by molar-refractivity contribution is -0.498. The molecule has 0 aliphatic carbocycles. The number of fused-ring (bicyclic) bond motifs is 7.